The van der Waals surface area contributed by atoms with Gasteiger partial charge in [-0.25, -0.2) is 0 Å². The maximum atomic E-state index is 14.8. The minimum atomic E-state index is -1.21. The minimum Gasteiger partial charge on any atom is -0.394 e. The van der Waals surface area contributed by atoms with E-state index >= 15 is 0 Å². The number of anilines is 1. The Balaban J connectivity index is 1.89. The number of aliphatic hydroxyl groups is 1. The Morgan fingerprint density at radius 1 is 1.17 bits per heavy atom. The van der Waals surface area contributed by atoms with E-state index in [1.807, 2.05) is 27.7 Å². The molecule has 230 valence electrons. The van der Waals surface area contributed by atoms with Gasteiger partial charge in [0, 0.05) is 19.6 Å². The third kappa shape index (κ3) is 5.20. The van der Waals surface area contributed by atoms with Gasteiger partial charge in [-0.3, -0.25) is 14.4 Å². The first-order valence-electron chi connectivity index (χ1n) is 15.3. The van der Waals surface area contributed by atoms with Gasteiger partial charge in [0.1, 0.15) is 11.6 Å². The lowest BCUT2D eigenvalue weighted by Gasteiger charge is -2.40. The lowest BCUT2D eigenvalue weighted by molar-refractivity contribution is -0.154. The fourth-order valence-corrected chi connectivity index (χ4v) is 7.93. The van der Waals surface area contributed by atoms with Gasteiger partial charge in [-0.15, -0.1) is 13.2 Å². The van der Waals surface area contributed by atoms with Crippen molar-refractivity contribution in [3.8, 4) is 0 Å². The van der Waals surface area contributed by atoms with Crippen LogP contribution in [0.5, 0.6) is 0 Å². The first-order chi connectivity index (χ1) is 20.1. The topological polar surface area (TPSA) is 90.4 Å². The van der Waals surface area contributed by atoms with Gasteiger partial charge < -0.3 is 24.5 Å². The van der Waals surface area contributed by atoms with Gasteiger partial charge in [-0.2, -0.15) is 0 Å². The van der Waals surface area contributed by atoms with Gasteiger partial charge >= 0.3 is 0 Å². The van der Waals surface area contributed by atoms with E-state index in [0.717, 1.165) is 6.42 Å². The van der Waals surface area contributed by atoms with Crippen molar-refractivity contribution in [3.05, 3.63) is 54.6 Å². The minimum absolute atomic E-state index is 0.134. The van der Waals surface area contributed by atoms with Crippen molar-refractivity contribution in [2.45, 2.75) is 83.1 Å². The van der Waals surface area contributed by atoms with Crippen LogP contribution in [0, 0.1) is 17.8 Å². The Bertz CT molecular complexity index is 1210. The van der Waals surface area contributed by atoms with Crippen LogP contribution in [-0.2, 0) is 19.1 Å². The summed E-state index contributed by atoms with van der Waals surface area (Å²) in [6.45, 7) is 16.5. The van der Waals surface area contributed by atoms with Crippen LogP contribution in [0.2, 0.25) is 5.02 Å². The van der Waals surface area contributed by atoms with Crippen LogP contribution >= 0.6 is 11.6 Å². The van der Waals surface area contributed by atoms with Crippen LogP contribution in [0.15, 0.2) is 49.6 Å². The average Bonchev–Trinajstić information content (AvgIpc) is 3.58. The van der Waals surface area contributed by atoms with E-state index in [4.69, 9.17) is 16.3 Å². The van der Waals surface area contributed by atoms with Gasteiger partial charge in [0.15, 0.2) is 0 Å². The number of amides is 3. The highest BCUT2D eigenvalue weighted by molar-refractivity contribution is 6.34. The normalized spacial score (nSPS) is 28.6. The van der Waals surface area contributed by atoms with E-state index < -0.39 is 35.1 Å². The molecule has 4 rings (SSSR count). The number of fused-ring (bicyclic) bond motifs is 1. The summed E-state index contributed by atoms with van der Waals surface area (Å²) >= 11 is 6.58. The summed E-state index contributed by atoms with van der Waals surface area (Å²) in [7, 11) is 0. The smallest absolute Gasteiger partial charge is 0.253 e. The summed E-state index contributed by atoms with van der Waals surface area (Å²) in [5, 5.41) is 11.0. The summed E-state index contributed by atoms with van der Waals surface area (Å²) in [4.78, 5) is 48.7. The van der Waals surface area contributed by atoms with Crippen molar-refractivity contribution >= 4 is 35.0 Å². The molecule has 1 aromatic rings. The van der Waals surface area contributed by atoms with Crippen molar-refractivity contribution in [2.24, 2.45) is 17.8 Å². The maximum absolute atomic E-state index is 14.8. The second kappa shape index (κ2) is 12.9. The van der Waals surface area contributed by atoms with E-state index in [9.17, 15) is 19.5 Å². The monoisotopic (exact) mass is 599 g/mol. The van der Waals surface area contributed by atoms with Crippen molar-refractivity contribution < 1.29 is 24.2 Å². The van der Waals surface area contributed by atoms with Crippen molar-refractivity contribution in [1.82, 2.24) is 9.80 Å². The number of ether oxygens (including phenoxy) is 1. The molecule has 0 radical (unpaired) electrons. The molecule has 2 unspecified atom stereocenters. The highest BCUT2D eigenvalue weighted by Gasteiger charge is 2.79. The number of aliphatic hydroxyl groups excluding tert-OH is 1. The number of hydrogen-bond donors (Lipinski definition) is 1. The van der Waals surface area contributed by atoms with E-state index in [0.29, 0.717) is 49.5 Å². The quantitative estimate of drug-likeness (QED) is 0.309. The molecule has 3 heterocycles. The number of hydrogen-bond acceptors (Lipinski definition) is 5. The zero-order valence-corrected chi connectivity index (χ0v) is 26.2. The van der Waals surface area contributed by atoms with E-state index in [1.54, 1.807) is 51.1 Å². The van der Waals surface area contributed by atoms with Crippen LogP contribution in [0.4, 0.5) is 5.69 Å². The first-order valence-corrected chi connectivity index (χ1v) is 15.6. The molecule has 1 aromatic carbocycles. The van der Waals surface area contributed by atoms with Crippen LogP contribution < -0.4 is 4.90 Å². The number of likely N-dealkylation sites (tertiary alicyclic amines) is 1. The summed E-state index contributed by atoms with van der Waals surface area (Å²) in [6.07, 6.45) is 6.16. The summed E-state index contributed by atoms with van der Waals surface area (Å²) < 4.78 is 6.97. The van der Waals surface area contributed by atoms with Gasteiger partial charge in [-0.1, -0.05) is 63.6 Å². The molecule has 3 saturated heterocycles. The first kappa shape index (κ1) is 32.2. The zero-order chi connectivity index (χ0) is 30.8. The molecule has 3 aliphatic rings. The largest absolute Gasteiger partial charge is 0.394 e. The number of nitrogens with zero attached hydrogens (tertiary/aromatic N) is 3. The standard InChI is InChI=1S/C33H46ClN3O5/c1-7-17-35(18-8-2)29(39)26-27-30(40)37(23(21-38)20-22(5)6)28(33(27)16-15-32(26,10-4)42-33)31(41)36(19-9-3)25-14-12-11-13-24(25)34/h7,9,11-14,22-23,26-28,38H,1,3,8,10,15-21H2,2,4-6H3/t23-,26-,27+,28?,32+,33?/m1/s1. The Morgan fingerprint density at radius 3 is 2.43 bits per heavy atom. The molecule has 8 nitrogen and oxygen atoms in total. The number of para-hydroxylation sites is 1. The SMILES string of the molecule is C=CCN(CCC)C(=O)[C@H]1[C@H]2C(=O)N([C@@H](CO)CC(C)C)C(C(=O)N(CC=C)c3ccccc3Cl)C23CC[C@]1(CC)O3. The molecule has 9 heteroatoms. The Morgan fingerprint density at radius 2 is 1.86 bits per heavy atom. The lowest BCUT2D eigenvalue weighted by atomic mass is 9.64. The number of carbonyl (C=O) groups excluding carboxylic acids is 3. The summed E-state index contributed by atoms with van der Waals surface area (Å²) in [5.74, 6) is -2.20. The lowest BCUT2D eigenvalue weighted by Crippen LogP contribution is -2.59. The molecule has 3 amide bonds. The fourth-order valence-electron chi connectivity index (χ4n) is 7.69. The number of rotatable bonds is 14. The molecule has 0 aromatic heterocycles. The fraction of sp³-hybridized carbons (Fsp3) is 0.606. The molecule has 0 saturated carbocycles. The molecule has 0 aliphatic carbocycles. The summed E-state index contributed by atoms with van der Waals surface area (Å²) in [6, 6.07) is 5.43. The Hall–Kier alpha value is -2.68. The number of carbonyl (C=O) groups is 3. The Kier molecular flexibility index (Phi) is 9.90. The molecule has 6 atom stereocenters. The molecule has 1 N–H and O–H groups in total. The van der Waals surface area contributed by atoms with Crippen LogP contribution in [0.3, 0.4) is 0 Å². The van der Waals surface area contributed by atoms with Crippen LogP contribution in [-0.4, -0.2) is 82.2 Å². The maximum Gasteiger partial charge on any atom is 0.253 e. The molecule has 2 bridgehead atoms. The predicted octanol–water partition coefficient (Wildman–Crippen LogP) is 4.85. The highest BCUT2D eigenvalue weighted by Crippen LogP contribution is 2.65. The van der Waals surface area contributed by atoms with Gasteiger partial charge in [0.05, 0.1) is 40.8 Å². The predicted molar refractivity (Wildman–Crippen MR) is 165 cm³/mol. The molecule has 42 heavy (non-hydrogen) atoms. The summed E-state index contributed by atoms with van der Waals surface area (Å²) in [5.41, 5.74) is -1.55. The van der Waals surface area contributed by atoms with E-state index in [-0.39, 0.29) is 36.8 Å². The second-order valence-electron chi connectivity index (χ2n) is 12.3. The highest BCUT2D eigenvalue weighted by atomic mass is 35.5. The third-order valence-corrected chi connectivity index (χ3v) is 9.66. The Labute approximate surface area is 255 Å². The van der Waals surface area contributed by atoms with E-state index in [1.165, 1.54) is 0 Å². The van der Waals surface area contributed by atoms with Gasteiger partial charge in [0.2, 0.25) is 11.8 Å². The zero-order valence-electron chi connectivity index (χ0n) is 25.4. The van der Waals surface area contributed by atoms with Crippen molar-refractivity contribution in [2.75, 3.05) is 31.1 Å². The van der Waals surface area contributed by atoms with Gasteiger partial charge in [-0.05, 0) is 50.2 Å². The van der Waals surface area contributed by atoms with E-state index in [2.05, 4.69) is 13.2 Å². The third-order valence-electron chi connectivity index (χ3n) is 9.34. The van der Waals surface area contributed by atoms with Crippen molar-refractivity contribution in [1.29, 1.82) is 0 Å². The second-order valence-corrected chi connectivity index (χ2v) is 12.7. The molecular formula is C33H46ClN3O5. The van der Waals surface area contributed by atoms with Crippen LogP contribution in [0.25, 0.3) is 0 Å². The molecular weight excluding hydrogens is 554 g/mol. The number of benzene rings is 1. The number of halogens is 1. The average molecular weight is 600 g/mol. The molecule has 3 aliphatic heterocycles. The molecule has 1 spiro atoms. The molecule has 3 fully saturated rings. The van der Waals surface area contributed by atoms with Crippen LogP contribution in [0.1, 0.15) is 59.8 Å². The van der Waals surface area contributed by atoms with Gasteiger partial charge in [0.25, 0.3) is 5.91 Å². The van der Waals surface area contributed by atoms with Crippen molar-refractivity contribution in [3.63, 3.8) is 0 Å².